The highest BCUT2D eigenvalue weighted by atomic mass is 15.1. The molecule has 0 unspecified atom stereocenters. The molecule has 0 aliphatic heterocycles. The summed E-state index contributed by atoms with van der Waals surface area (Å²) in [4.78, 5) is 4.88. The fourth-order valence-electron chi connectivity index (χ4n) is 12.0. The van der Waals surface area contributed by atoms with E-state index in [2.05, 4.69) is 258 Å². The second kappa shape index (κ2) is 14.8. The first-order chi connectivity index (χ1) is 33.0. The summed E-state index contributed by atoms with van der Waals surface area (Å²) in [6, 6.07) is 77.8. The van der Waals surface area contributed by atoms with Gasteiger partial charge in [0.15, 0.2) is 0 Å². The van der Waals surface area contributed by atoms with Gasteiger partial charge < -0.3 is 9.80 Å². The minimum absolute atomic E-state index is 0.0985. The Bertz CT molecular complexity index is 3850. The molecule has 0 bridgehead atoms. The summed E-state index contributed by atoms with van der Waals surface area (Å²) in [5, 5.41) is 10.1. The summed E-state index contributed by atoms with van der Waals surface area (Å²) in [6.07, 6.45) is 0. The van der Waals surface area contributed by atoms with Crippen molar-refractivity contribution in [1.82, 2.24) is 0 Å². The van der Waals surface area contributed by atoms with E-state index < -0.39 is 0 Å². The summed E-state index contributed by atoms with van der Waals surface area (Å²) in [7, 11) is 0. The summed E-state index contributed by atoms with van der Waals surface area (Å²) in [5.74, 6) is 0. The third-order valence-electron chi connectivity index (χ3n) is 15.5. The van der Waals surface area contributed by atoms with E-state index >= 15 is 0 Å². The second-order valence-corrected chi connectivity index (χ2v) is 20.3. The second-order valence-electron chi connectivity index (χ2n) is 20.3. The summed E-state index contributed by atoms with van der Waals surface area (Å²) in [5.41, 5.74) is 20.0. The highest BCUT2D eigenvalue weighted by Gasteiger charge is 2.37. The summed E-state index contributed by atoms with van der Waals surface area (Å²) >= 11 is 0. The zero-order chi connectivity index (χ0) is 46.1. The van der Waals surface area contributed by atoms with E-state index in [0.717, 1.165) is 34.1 Å². The number of anilines is 6. The van der Waals surface area contributed by atoms with E-state index in [1.54, 1.807) is 0 Å². The fourth-order valence-corrected chi connectivity index (χ4v) is 12.0. The first-order valence-corrected chi connectivity index (χ1v) is 24.1. The number of hydrogen-bond acceptors (Lipinski definition) is 2. The average Bonchev–Trinajstić information content (AvgIpc) is 3.74. The minimum atomic E-state index is -0.103. The van der Waals surface area contributed by atoms with Crippen LogP contribution in [-0.4, -0.2) is 0 Å². The van der Waals surface area contributed by atoms with Gasteiger partial charge in [0.25, 0.3) is 0 Å². The zero-order valence-electron chi connectivity index (χ0n) is 39.5. The van der Waals surface area contributed by atoms with Gasteiger partial charge in [0, 0.05) is 45.0 Å². The number of rotatable bonds is 6. The maximum atomic E-state index is 2.44. The lowest BCUT2D eigenvalue weighted by molar-refractivity contribution is 0.660. The van der Waals surface area contributed by atoms with Crippen LogP contribution in [0.2, 0.25) is 0 Å². The van der Waals surface area contributed by atoms with Gasteiger partial charge in [0.05, 0.1) is 0 Å². The van der Waals surface area contributed by atoms with E-state index in [1.807, 2.05) is 0 Å². The largest absolute Gasteiger partial charge is 0.310 e. The van der Waals surface area contributed by atoms with Gasteiger partial charge in [-0.05, 0) is 174 Å². The Morgan fingerprint density at radius 1 is 0.279 bits per heavy atom. The molecule has 11 aromatic carbocycles. The van der Waals surface area contributed by atoms with Gasteiger partial charge in [0.2, 0.25) is 0 Å². The van der Waals surface area contributed by atoms with Crippen molar-refractivity contribution in [1.29, 1.82) is 0 Å². The molecule has 0 radical (unpaired) electrons. The lowest BCUT2D eigenvalue weighted by Crippen LogP contribution is -2.16. The summed E-state index contributed by atoms with van der Waals surface area (Å²) in [6.45, 7) is 13.8. The Balaban J connectivity index is 0.964. The highest BCUT2D eigenvalue weighted by molar-refractivity contribution is 6.32. The molecule has 2 nitrogen and oxygen atoms in total. The Labute approximate surface area is 399 Å². The molecule has 0 N–H and O–H groups in total. The lowest BCUT2D eigenvalue weighted by atomic mass is 9.82. The number of fused-ring (bicyclic) bond motifs is 14. The Kier molecular flexibility index (Phi) is 8.77. The fraction of sp³-hybridized carbons (Fsp3) is 0.121. The van der Waals surface area contributed by atoms with Crippen LogP contribution in [0.4, 0.5) is 34.1 Å². The number of aryl methyl sites for hydroxylation is 2. The third-order valence-corrected chi connectivity index (χ3v) is 15.5. The molecule has 2 aliphatic rings. The van der Waals surface area contributed by atoms with Crippen LogP contribution in [-0.2, 0) is 10.8 Å². The normalized spacial score (nSPS) is 14.0. The molecule has 0 saturated carbocycles. The highest BCUT2D eigenvalue weighted by Crippen LogP contribution is 2.53. The maximum Gasteiger partial charge on any atom is 0.0468 e. The molecule has 11 aromatic rings. The van der Waals surface area contributed by atoms with Gasteiger partial charge in [-0.3, -0.25) is 0 Å². The van der Waals surface area contributed by atoms with Gasteiger partial charge in [-0.15, -0.1) is 0 Å². The molecule has 0 fully saturated rings. The molecule has 2 aliphatic carbocycles. The molecule has 0 spiro atoms. The van der Waals surface area contributed by atoms with E-state index in [-0.39, 0.29) is 10.8 Å². The predicted octanol–water partition coefficient (Wildman–Crippen LogP) is 18.5. The van der Waals surface area contributed by atoms with Crippen molar-refractivity contribution in [3.05, 3.63) is 240 Å². The van der Waals surface area contributed by atoms with Crippen LogP contribution in [0.3, 0.4) is 0 Å². The first-order valence-electron chi connectivity index (χ1n) is 24.1. The Hall–Kier alpha value is -7.94. The van der Waals surface area contributed by atoms with Crippen molar-refractivity contribution in [2.75, 3.05) is 9.80 Å². The van der Waals surface area contributed by atoms with E-state index in [1.165, 1.54) is 98.7 Å². The molecule has 68 heavy (non-hydrogen) atoms. The standard InChI is InChI=1S/C66H52N2/c1-41-19-24-44(25-20-41)67(48-30-35-55-53-14-9-11-17-60(53)65(3,4)62(55)39-48)46-28-33-50-43(37-46)23-32-58-52-34-29-47(38-59(52)51-13-7-8-16-57(51)64(50)58)68(45-26-21-42(2)22-27-45)49-31-36-56-54-15-10-12-18-61(54)66(5,6)63(56)40-49/h7-40H,1-6H3. The molecule has 326 valence electrons. The van der Waals surface area contributed by atoms with Crippen LogP contribution in [0.1, 0.15) is 61.1 Å². The number of benzene rings is 11. The van der Waals surface area contributed by atoms with Crippen molar-refractivity contribution in [3.8, 4) is 22.3 Å². The van der Waals surface area contributed by atoms with E-state index in [4.69, 9.17) is 0 Å². The third kappa shape index (κ3) is 5.96. The van der Waals surface area contributed by atoms with E-state index in [0.29, 0.717) is 0 Å². The minimum Gasteiger partial charge on any atom is -0.310 e. The van der Waals surface area contributed by atoms with E-state index in [9.17, 15) is 0 Å². The Morgan fingerprint density at radius 3 is 1.22 bits per heavy atom. The average molecular weight is 873 g/mol. The molecule has 0 heterocycles. The predicted molar refractivity (Wildman–Crippen MR) is 290 cm³/mol. The topological polar surface area (TPSA) is 6.48 Å². The van der Waals surface area contributed by atoms with Gasteiger partial charge >= 0.3 is 0 Å². The van der Waals surface area contributed by atoms with Crippen LogP contribution < -0.4 is 9.80 Å². The number of hydrogen-bond donors (Lipinski definition) is 0. The van der Waals surface area contributed by atoms with Crippen LogP contribution in [0.15, 0.2) is 206 Å². The number of nitrogens with zero attached hydrogens (tertiary/aromatic N) is 2. The molecule has 0 atom stereocenters. The van der Waals surface area contributed by atoms with Crippen molar-refractivity contribution >= 4 is 77.2 Å². The lowest BCUT2D eigenvalue weighted by Gasteiger charge is -2.29. The summed E-state index contributed by atoms with van der Waals surface area (Å²) < 4.78 is 0. The zero-order valence-corrected chi connectivity index (χ0v) is 39.5. The van der Waals surface area contributed by atoms with Gasteiger partial charge in [-0.1, -0.05) is 172 Å². The molecule has 0 amide bonds. The van der Waals surface area contributed by atoms with Crippen molar-refractivity contribution in [2.45, 2.75) is 52.4 Å². The van der Waals surface area contributed by atoms with Crippen LogP contribution in [0.5, 0.6) is 0 Å². The van der Waals surface area contributed by atoms with Crippen LogP contribution in [0.25, 0.3) is 65.3 Å². The quantitative estimate of drug-likeness (QED) is 0.154. The SMILES string of the molecule is Cc1ccc(N(c2ccc3c(c2)C(C)(C)c2ccccc2-3)c2ccc3c(ccc4c5ccc(N(c6ccc(C)cc6)c6ccc7c(c6)C(C)(C)c6ccccc6-7)cc5c5ccccc5c34)c2)cc1. The van der Waals surface area contributed by atoms with Crippen LogP contribution in [0, 0.1) is 13.8 Å². The first kappa shape index (κ1) is 40.3. The molecular formula is C66H52N2. The smallest absolute Gasteiger partial charge is 0.0468 e. The molecule has 2 heteroatoms. The molecule has 0 aromatic heterocycles. The van der Waals surface area contributed by atoms with Crippen molar-refractivity contribution in [2.24, 2.45) is 0 Å². The maximum absolute atomic E-state index is 2.44. The molecule has 13 rings (SSSR count). The monoisotopic (exact) mass is 872 g/mol. The van der Waals surface area contributed by atoms with Gasteiger partial charge in [-0.25, -0.2) is 0 Å². The van der Waals surface area contributed by atoms with Gasteiger partial charge in [-0.2, -0.15) is 0 Å². The van der Waals surface area contributed by atoms with Crippen molar-refractivity contribution in [3.63, 3.8) is 0 Å². The Morgan fingerprint density at radius 2 is 0.662 bits per heavy atom. The van der Waals surface area contributed by atoms with Crippen LogP contribution >= 0.6 is 0 Å². The molecular weight excluding hydrogens is 821 g/mol. The van der Waals surface area contributed by atoms with Crippen molar-refractivity contribution < 1.29 is 0 Å². The molecule has 0 saturated heterocycles. The van der Waals surface area contributed by atoms with Gasteiger partial charge in [0.1, 0.15) is 0 Å².